The van der Waals surface area contributed by atoms with Crippen LogP contribution >= 0.6 is 44.4 Å². The van der Waals surface area contributed by atoms with Crippen molar-refractivity contribution in [3.05, 3.63) is 23.7 Å². The van der Waals surface area contributed by atoms with E-state index >= 15 is 0 Å². The zero-order chi connectivity index (χ0) is 13.6. The number of furan rings is 1. The van der Waals surface area contributed by atoms with Gasteiger partial charge in [0.1, 0.15) is 11.5 Å². The Kier molecular flexibility index (Phi) is 12.4. The van der Waals surface area contributed by atoms with Crippen molar-refractivity contribution in [1.29, 1.82) is 5.26 Å². The van der Waals surface area contributed by atoms with Gasteiger partial charge in [-0.1, -0.05) is 5.10 Å². The van der Waals surface area contributed by atoms with Crippen molar-refractivity contribution in [2.24, 2.45) is 14.6 Å². The van der Waals surface area contributed by atoms with Crippen molar-refractivity contribution in [2.45, 2.75) is 0 Å². The van der Waals surface area contributed by atoms with Crippen molar-refractivity contribution in [3.8, 4) is 5.40 Å². The Labute approximate surface area is 128 Å². The van der Waals surface area contributed by atoms with Crippen LogP contribution in [0.25, 0.3) is 0 Å². The third kappa shape index (κ3) is 9.40. The van der Waals surface area contributed by atoms with Crippen LogP contribution in [0.2, 0.25) is 0 Å². The van der Waals surface area contributed by atoms with Crippen molar-refractivity contribution in [3.63, 3.8) is 0 Å². The molecule has 0 aliphatic heterocycles. The Bertz CT molecular complexity index is 494. The molecule has 5 nitrogen and oxygen atoms in total. The predicted molar refractivity (Wildman–Crippen MR) is 73.8 cm³/mol. The molecule has 1 rings (SSSR count). The van der Waals surface area contributed by atoms with Crippen LogP contribution in [0.4, 0.5) is 0 Å². The molecule has 0 bridgehead atoms. The van der Waals surface area contributed by atoms with E-state index in [1.54, 1.807) is 17.5 Å². The SMILES string of the molecule is N#CS/N=C/c1ccc(/C=N/N=C=S)o1.[Cl][Fe][Cl]. The van der Waals surface area contributed by atoms with Gasteiger partial charge in [0.15, 0.2) is 5.40 Å². The number of nitriles is 1. The molecule has 96 valence electrons. The van der Waals surface area contributed by atoms with Crippen molar-refractivity contribution in [2.75, 3.05) is 0 Å². The van der Waals surface area contributed by atoms with Crippen molar-refractivity contribution >= 4 is 62.0 Å². The van der Waals surface area contributed by atoms with Gasteiger partial charge in [-0.15, -0.1) is 5.10 Å². The first-order valence-corrected chi connectivity index (χ1v) is 8.14. The maximum atomic E-state index is 8.21. The van der Waals surface area contributed by atoms with Gasteiger partial charge in [-0.05, 0) is 24.4 Å². The summed E-state index contributed by atoms with van der Waals surface area (Å²) in [7, 11) is 9.53. The van der Waals surface area contributed by atoms with Crippen LogP contribution in [-0.4, -0.2) is 17.6 Å². The molecule has 1 aromatic heterocycles. The fraction of sp³-hybridized carbons (Fsp3) is 0. The second-order valence-electron chi connectivity index (χ2n) is 2.14. The summed E-state index contributed by atoms with van der Waals surface area (Å²) in [5, 5.41) is 19.0. The summed E-state index contributed by atoms with van der Waals surface area (Å²) in [6.07, 6.45) is 2.84. The Hall–Kier alpha value is -0.641. The Balaban J connectivity index is 0.000000873. The fourth-order valence-electron chi connectivity index (χ4n) is 0.718. The van der Waals surface area contributed by atoms with E-state index in [-0.39, 0.29) is 13.1 Å². The first-order valence-electron chi connectivity index (χ1n) is 3.92. The Morgan fingerprint density at radius 1 is 1.39 bits per heavy atom. The molecule has 0 aromatic carbocycles. The van der Waals surface area contributed by atoms with Crippen LogP contribution in [0.5, 0.6) is 0 Å². The first kappa shape index (κ1) is 17.4. The molecule has 0 saturated heterocycles. The number of halogens is 2. The normalized spacial score (nSPS) is 9.83. The quantitative estimate of drug-likeness (QED) is 0.204. The maximum absolute atomic E-state index is 8.21. The van der Waals surface area contributed by atoms with E-state index in [4.69, 9.17) is 29.9 Å². The average Bonchev–Trinajstić information content (AvgIpc) is 2.79. The third-order valence-corrected chi connectivity index (χ3v) is 1.58. The molecule has 0 N–H and O–H groups in total. The number of rotatable bonds is 4. The molecule has 0 radical (unpaired) electrons. The topological polar surface area (TPSA) is 74.0 Å². The molecule has 0 unspecified atom stereocenters. The second kappa shape index (κ2) is 12.8. The molecule has 1 heterocycles. The van der Waals surface area contributed by atoms with E-state index < -0.39 is 0 Å². The van der Waals surface area contributed by atoms with Gasteiger partial charge in [-0.3, -0.25) is 0 Å². The van der Waals surface area contributed by atoms with E-state index in [1.807, 2.05) is 0 Å². The van der Waals surface area contributed by atoms with E-state index in [0.717, 1.165) is 11.9 Å². The fourth-order valence-corrected chi connectivity index (χ4v) is 0.969. The van der Waals surface area contributed by atoms with Crippen LogP contribution in [0.15, 0.2) is 31.2 Å². The summed E-state index contributed by atoms with van der Waals surface area (Å²) in [6, 6.07) is 3.39. The van der Waals surface area contributed by atoms with Gasteiger partial charge in [0.05, 0.1) is 29.5 Å². The third-order valence-electron chi connectivity index (χ3n) is 1.20. The summed E-state index contributed by atoms with van der Waals surface area (Å²) < 4.78 is 8.94. The van der Waals surface area contributed by atoms with Crippen LogP contribution in [0.3, 0.4) is 0 Å². The second-order valence-corrected chi connectivity index (χ2v) is 4.73. The predicted octanol–water partition coefficient (Wildman–Crippen LogP) is 3.64. The Morgan fingerprint density at radius 3 is 2.56 bits per heavy atom. The molecule has 0 atom stereocenters. The zero-order valence-corrected chi connectivity index (χ0v) is 12.7. The molecule has 0 spiro atoms. The van der Waals surface area contributed by atoms with Gasteiger partial charge in [0.2, 0.25) is 0 Å². The molecule has 10 heteroatoms. The number of hydrogen-bond donors (Lipinski definition) is 0. The summed E-state index contributed by atoms with van der Waals surface area (Å²) in [4.78, 5) is 0. The van der Waals surface area contributed by atoms with Gasteiger partial charge in [-0.2, -0.15) is 5.26 Å². The van der Waals surface area contributed by atoms with Gasteiger partial charge in [0, 0.05) is 0 Å². The zero-order valence-electron chi connectivity index (χ0n) is 8.43. The Morgan fingerprint density at radius 2 is 2.00 bits per heavy atom. The van der Waals surface area contributed by atoms with Crippen LogP contribution in [0.1, 0.15) is 11.5 Å². The summed E-state index contributed by atoms with van der Waals surface area (Å²) in [5.74, 6) is 1.05. The number of hydrogen-bond acceptors (Lipinski definition) is 7. The van der Waals surface area contributed by atoms with E-state index in [9.17, 15) is 0 Å². The van der Waals surface area contributed by atoms with Gasteiger partial charge in [0.25, 0.3) is 0 Å². The molecule has 18 heavy (non-hydrogen) atoms. The minimum absolute atomic E-state index is 0.194. The summed E-state index contributed by atoms with van der Waals surface area (Å²) in [6.45, 7) is 0. The minimum atomic E-state index is 0.194. The molecular weight excluding hydrogens is 359 g/mol. The van der Waals surface area contributed by atoms with E-state index in [2.05, 4.69) is 32.0 Å². The molecule has 1 aromatic rings. The molecule has 0 fully saturated rings. The van der Waals surface area contributed by atoms with Gasteiger partial charge < -0.3 is 4.42 Å². The standard InChI is InChI=1S/C8H4N4OS2.2ClH.Fe/c9-5-15-12-4-8-2-1-7(13-8)3-10-11-6-14;;;/h1-4H;2*1H;/q;;;+2/p-2/b10-3+,12-4+;;;. The van der Waals surface area contributed by atoms with E-state index in [0.29, 0.717) is 11.5 Å². The van der Waals surface area contributed by atoms with Crippen LogP contribution < -0.4 is 0 Å². The average molecular weight is 363 g/mol. The molecule has 0 aliphatic rings. The van der Waals surface area contributed by atoms with Gasteiger partial charge >= 0.3 is 33.3 Å². The van der Waals surface area contributed by atoms with Crippen molar-refractivity contribution < 1.29 is 17.6 Å². The number of nitrogens with zero attached hydrogens (tertiary/aromatic N) is 4. The summed E-state index contributed by atoms with van der Waals surface area (Å²) in [5.41, 5.74) is 0. The summed E-state index contributed by atoms with van der Waals surface area (Å²) >= 11 is 5.29. The number of thiocyanates is 1. The first-order chi connectivity index (χ1) is 8.78. The van der Waals surface area contributed by atoms with Crippen LogP contribution in [0, 0.1) is 10.7 Å². The molecule has 0 saturated carbocycles. The number of isothiocyanates is 1. The molecular formula is C8H4Cl2FeN4OS2. The van der Waals surface area contributed by atoms with Crippen molar-refractivity contribution in [1.82, 2.24) is 0 Å². The molecule has 0 amide bonds. The number of thiocarbonyl (C=S) groups is 1. The van der Waals surface area contributed by atoms with E-state index in [1.165, 1.54) is 12.4 Å². The van der Waals surface area contributed by atoms with Crippen LogP contribution in [-0.2, 0) is 13.1 Å². The molecule has 0 aliphatic carbocycles. The van der Waals surface area contributed by atoms with Gasteiger partial charge in [-0.25, -0.2) is 4.40 Å². The monoisotopic (exact) mass is 362 g/mol.